The molecule has 0 aliphatic carbocycles. The van der Waals surface area contributed by atoms with E-state index in [1.165, 1.54) is 16.0 Å². The molecule has 3 aromatic rings. The molecule has 0 radical (unpaired) electrons. The highest BCUT2D eigenvalue weighted by atomic mass is 32.1. The highest BCUT2D eigenvalue weighted by Crippen LogP contribution is 2.28. The van der Waals surface area contributed by atoms with Crippen molar-refractivity contribution in [1.29, 1.82) is 0 Å². The van der Waals surface area contributed by atoms with Gasteiger partial charge < -0.3 is 15.4 Å². The maximum Gasteiger partial charge on any atom is 0.282 e. The average molecular weight is 370 g/mol. The van der Waals surface area contributed by atoms with Crippen molar-refractivity contribution >= 4 is 33.0 Å². The van der Waals surface area contributed by atoms with Gasteiger partial charge in [0.2, 0.25) is 0 Å². The molecule has 1 saturated heterocycles. The molecule has 2 N–H and O–H groups in total. The summed E-state index contributed by atoms with van der Waals surface area (Å²) in [6.07, 6.45) is 1.97. The minimum Gasteiger partial charge on any atom is -0.497 e. The number of fused-ring (bicyclic) bond motifs is 1. The maximum atomic E-state index is 13.0. The molecule has 8 heteroatoms. The van der Waals surface area contributed by atoms with E-state index >= 15 is 0 Å². The molecule has 4 rings (SSSR count). The third-order valence-corrected chi connectivity index (χ3v) is 5.41. The standard InChI is InChI=1S/C18H18N4O3S/c1-25-12-6-4-11(5-7-12)22-17(23)14-13(10-26-16(14)19)15(20-22)18(24)21-8-2-3-9-21/h4-7,10H,2-3,8-9,19H2,1H3. The van der Waals surface area contributed by atoms with Gasteiger partial charge in [-0.15, -0.1) is 11.3 Å². The molecule has 1 aliphatic heterocycles. The zero-order valence-electron chi connectivity index (χ0n) is 14.3. The molecule has 0 unspecified atom stereocenters. The van der Waals surface area contributed by atoms with Crippen molar-refractivity contribution in [3.63, 3.8) is 0 Å². The van der Waals surface area contributed by atoms with Crippen LogP contribution in [0.3, 0.4) is 0 Å². The second kappa shape index (κ2) is 6.45. The summed E-state index contributed by atoms with van der Waals surface area (Å²) in [6, 6.07) is 6.94. The first-order valence-electron chi connectivity index (χ1n) is 8.34. The Hall–Kier alpha value is -2.87. The summed E-state index contributed by atoms with van der Waals surface area (Å²) >= 11 is 1.25. The molecule has 1 aromatic carbocycles. The molecule has 0 spiro atoms. The number of carbonyl (C=O) groups excluding carboxylic acids is 1. The number of hydrogen-bond donors (Lipinski definition) is 1. The molecule has 1 amide bonds. The summed E-state index contributed by atoms with van der Waals surface area (Å²) in [4.78, 5) is 27.7. The van der Waals surface area contributed by atoms with E-state index in [0.717, 1.165) is 12.8 Å². The van der Waals surface area contributed by atoms with Gasteiger partial charge in [-0.05, 0) is 37.1 Å². The number of carbonyl (C=O) groups is 1. The Morgan fingerprint density at radius 3 is 2.58 bits per heavy atom. The summed E-state index contributed by atoms with van der Waals surface area (Å²) in [5, 5.41) is 7.42. The lowest BCUT2D eigenvalue weighted by atomic mass is 10.2. The van der Waals surface area contributed by atoms with Crippen LogP contribution in [-0.2, 0) is 0 Å². The first-order chi connectivity index (χ1) is 12.6. The van der Waals surface area contributed by atoms with Crippen molar-refractivity contribution in [3.8, 4) is 11.4 Å². The van der Waals surface area contributed by atoms with E-state index in [-0.39, 0.29) is 17.2 Å². The predicted molar refractivity (Wildman–Crippen MR) is 101 cm³/mol. The second-order valence-electron chi connectivity index (χ2n) is 6.15. The number of rotatable bonds is 3. The SMILES string of the molecule is COc1ccc(-n2nc(C(=O)N3CCCC3)c3csc(N)c3c2=O)cc1. The zero-order valence-corrected chi connectivity index (χ0v) is 15.1. The summed E-state index contributed by atoms with van der Waals surface area (Å²) in [5.74, 6) is 0.513. The van der Waals surface area contributed by atoms with Crippen molar-refractivity contribution < 1.29 is 9.53 Å². The highest BCUT2D eigenvalue weighted by Gasteiger charge is 2.26. The van der Waals surface area contributed by atoms with E-state index < -0.39 is 0 Å². The summed E-state index contributed by atoms with van der Waals surface area (Å²) in [6.45, 7) is 1.42. The molecule has 3 heterocycles. The van der Waals surface area contributed by atoms with Crippen LogP contribution in [0.2, 0.25) is 0 Å². The first kappa shape index (κ1) is 16.6. The van der Waals surface area contributed by atoms with Gasteiger partial charge in [-0.1, -0.05) is 0 Å². The minimum atomic E-state index is -0.332. The normalized spacial score (nSPS) is 14.1. The fourth-order valence-corrected chi connectivity index (χ4v) is 3.99. The van der Waals surface area contributed by atoms with Crippen molar-refractivity contribution in [3.05, 3.63) is 45.7 Å². The Labute approximate surface area is 153 Å². The Balaban J connectivity index is 1.92. The molecular formula is C18H18N4O3S. The van der Waals surface area contributed by atoms with Crippen LogP contribution in [0.25, 0.3) is 16.5 Å². The first-order valence-corrected chi connectivity index (χ1v) is 9.22. The van der Waals surface area contributed by atoms with Crippen LogP contribution >= 0.6 is 11.3 Å². The molecular weight excluding hydrogens is 352 g/mol. The van der Waals surface area contributed by atoms with Gasteiger partial charge in [-0.25, -0.2) is 0 Å². The van der Waals surface area contributed by atoms with Crippen LogP contribution in [0.4, 0.5) is 5.00 Å². The van der Waals surface area contributed by atoms with Crippen molar-refractivity contribution in [2.45, 2.75) is 12.8 Å². The highest BCUT2D eigenvalue weighted by molar-refractivity contribution is 7.15. The van der Waals surface area contributed by atoms with Crippen molar-refractivity contribution in [2.75, 3.05) is 25.9 Å². The topological polar surface area (TPSA) is 90.5 Å². The van der Waals surface area contributed by atoms with Crippen LogP contribution in [0.15, 0.2) is 34.4 Å². The number of thiophene rings is 1. The van der Waals surface area contributed by atoms with E-state index in [9.17, 15) is 9.59 Å². The van der Waals surface area contributed by atoms with E-state index in [4.69, 9.17) is 10.5 Å². The molecule has 2 aromatic heterocycles. The lowest BCUT2D eigenvalue weighted by Gasteiger charge is -2.16. The van der Waals surface area contributed by atoms with E-state index in [1.54, 1.807) is 41.7 Å². The number of likely N-dealkylation sites (tertiary alicyclic amines) is 1. The molecule has 0 saturated carbocycles. The summed E-state index contributed by atoms with van der Waals surface area (Å²) < 4.78 is 6.40. The van der Waals surface area contributed by atoms with Crippen LogP contribution in [0, 0.1) is 0 Å². The number of aromatic nitrogens is 2. The number of nitrogens with two attached hydrogens (primary N) is 1. The average Bonchev–Trinajstić information content (AvgIpc) is 3.32. The third kappa shape index (κ3) is 2.62. The number of nitrogen functional groups attached to an aromatic ring is 1. The van der Waals surface area contributed by atoms with E-state index in [2.05, 4.69) is 5.10 Å². The number of amides is 1. The maximum absolute atomic E-state index is 13.0. The summed E-state index contributed by atoms with van der Waals surface area (Å²) in [5.41, 5.74) is 6.52. The minimum absolute atomic E-state index is 0.160. The molecule has 7 nitrogen and oxygen atoms in total. The fourth-order valence-electron chi connectivity index (χ4n) is 3.20. The number of benzene rings is 1. The van der Waals surface area contributed by atoms with Gasteiger partial charge in [0.1, 0.15) is 5.75 Å². The largest absolute Gasteiger partial charge is 0.497 e. The number of ether oxygens (including phenoxy) is 1. The Morgan fingerprint density at radius 2 is 1.92 bits per heavy atom. The number of nitrogens with zero attached hydrogens (tertiary/aromatic N) is 3. The van der Waals surface area contributed by atoms with Gasteiger partial charge in [-0.3, -0.25) is 9.59 Å². The van der Waals surface area contributed by atoms with Gasteiger partial charge in [0.05, 0.1) is 23.2 Å². The van der Waals surface area contributed by atoms with E-state index in [0.29, 0.717) is 40.3 Å². The third-order valence-electron chi connectivity index (χ3n) is 4.59. The predicted octanol–water partition coefficient (Wildman–Crippen LogP) is 2.27. The Kier molecular flexibility index (Phi) is 4.12. The second-order valence-corrected chi connectivity index (χ2v) is 7.06. The molecule has 1 fully saturated rings. The smallest absolute Gasteiger partial charge is 0.282 e. The molecule has 1 aliphatic rings. The van der Waals surface area contributed by atoms with Crippen LogP contribution in [0.1, 0.15) is 23.3 Å². The lowest BCUT2D eigenvalue weighted by Crippen LogP contribution is -2.32. The molecule has 26 heavy (non-hydrogen) atoms. The number of anilines is 1. The quantitative estimate of drug-likeness (QED) is 0.764. The lowest BCUT2D eigenvalue weighted by molar-refractivity contribution is 0.0787. The summed E-state index contributed by atoms with van der Waals surface area (Å²) in [7, 11) is 1.57. The van der Waals surface area contributed by atoms with Crippen LogP contribution in [-0.4, -0.2) is 40.8 Å². The van der Waals surface area contributed by atoms with Crippen molar-refractivity contribution in [1.82, 2.24) is 14.7 Å². The van der Waals surface area contributed by atoms with Crippen LogP contribution in [0.5, 0.6) is 5.75 Å². The van der Waals surface area contributed by atoms with E-state index in [1.807, 2.05) is 0 Å². The molecule has 0 bridgehead atoms. The Bertz CT molecular complexity index is 1030. The van der Waals surface area contributed by atoms with Gasteiger partial charge in [0, 0.05) is 23.9 Å². The number of methoxy groups -OCH3 is 1. The van der Waals surface area contributed by atoms with Crippen LogP contribution < -0.4 is 16.0 Å². The molecule has 0 atom stereocenters. The van der Waals surface area contributed by atoms with Gasteiger partial charge in [0.15, 0.2) is 5.69 Å². The van der Waals surface area contributed by atoms with Crippen molar-refractivity contribution in [2.24, 2.45) is 0 Å². The van der Waals surface area contributed by atoms with Gasteiger partial charge in [0.25, 0.3) is 11.5 Å². The monoisotopic (exact) mass is 370 g/mol. The fraction of sp³-hybridized carbons (Fsp3) is 0.278. The molecule has 134 valence electrons. The van der Waals surface area contributed by atoms with Gasteiger partial charge >= 0.3 is 0 Å². The van der Waals surface area contributed by atoms with Gasteiger partial charge in [-0.2, -0.15) is 9.78 Å². The Morgan fingerprint density at radius 1 is 1.23 bits per heavy atom. The zero-order chi connectivity index (χ0) is 18.3. The number of hydrogen-bond acceptors (Lipinski definition) is 6.